The van der Waals surface area contributed by atoms with Crippen LogP contribution in [0.1, 0.15) is 165 Å². The zero-order chi connectivity index (χ0) is 38.2. The fourth-order valence-electron chi connectivity index (χ4n) is 3.37. The monoisotopic (exact) mass is 651 g/mol. The Morgan fingerprint density at radius 2 is 1.32 bits per heavy atom. The Balaban J connectivity index is -0.000000164. The van der Waals surface area contributed by atoms with Crippen molar-refractivity contribution in [2.75, 3.05) is 0 Å². The molecule has 2 aromatic heterocycles. The number of aromatic nitrogens is 2. The van der Waals surface area contributed by atoms with Crippen LogP contribution in [0.5, 0.6) is 0 Å². The van der Waals surface area contributed by atoms with E-state index >= 15 is 0 Å². The molecule has 0 atom stereocenters. The summed E-state index contributed by atoms with van der Waals surface area (Å²) < 4.78 is 0. The highest BCUT2D eigenvalue weighted by Crippen LogP contribution is 2.25. The predicted octanol–water partition coefficient (Wildman–Crippen LogP) is 15.8. The molecule has 0 unspecified atom stereocenters. The van der Waals surface area contributed by atoms with Gasteiger partial charge in [0.15, 0.2) is 0 Å². The molecule has 47 heavy (non-hydrogen) atoms. The molecule has 2 nitrogen and oxygen atoms in total. The van der Waals surface area contributed by atoms with Gasteiger partial charge in [0.2, 0.25) is 0 Å². The Bertz CT molecular complexity index is 1090. The minimum Gasteiger partial charge on any atom is -0.262 e. The summed E-state index contributed by atoms with van der Waals surface area (Å²) in [6.45, 7) is 49.5. The van der Waals surface area contributed by atoms with Gasteiger partial charge in [0, 0.05) is 23.1 Å². The van der Waals surface area contributed by atoms with Crippen LogP contribution in [0.15, 0.2) is 72.5 Å². The van der Waals surface area contributed by atoms with Crippen LogP contribution in [-0.2, 0) is 0 Å². The zero-order valence-electron chi connectivity index (χ0n) is 35.5. The third kappa shape index (κ3) is 37.6. The molecule has 2 rings (SSSR count). The molecule has 2 heteroatoms. The third-order valence-corrected chi connectivity index (χ3v) is 6.91. The van der Waals surface area contributed by atoms with Gasteiger partial charge in [0.05, 0.1) is 5.69 Å². The highest BCUT2D eigenvalue weighted by atomic mass is 14.7. The molecule has 0 fully saturated rings. The van der Waals surface area contributed by atoms with E-state index in [1.807, 2.05) is 86.7 Å². The quantitative estimate of drug-likeness (QED) is 0.210. The van der Waals surface area contributed by atoms with Gasteiger partial charge in [0.1, 0.15) is 0 Å². The lowest BCUT2D eigenvalue weighted by molar-refractivity contribution is 0.319. The van der Waals surface area contributed by atoms with Crippen molar-refractivity contribution >= 4 is 0 Å². The van der Waals surface area contributed by atoms with Crippen molar-refractivity contribution < 1.29 is 0 Å². The van der Waals surface area contributed by atoms with Crippen molar-refractivity contribution in [3.05, 3.63) is 95.0 Å². The first kappa shape index (κ1) is 53.7. The van der Waals surface area contributed by atoms with E-state index in [9.17, 15) is 0 Å². The molecule has 0 amide bonds. The molecule has 0 aliphatic rings. The number of hydrogen-bond donors (Lipinski definition) is 0. The van der Waals surface area contributed by atoms with E-state index in [4.69, 9.17) is 0 Å². The lowest BCUT2D eigenvalue weighted by atomic mass is 9.86. The maximum atomic E-state index is 4.66. The van der Waals surface area contributed by atoms with Gasteiger partial charge >= 0.3 is 0 Å². The zero-order valence-corrected chi connectivity index (χ0v) is 35.5. The average Bonchev–Trinajstić information content (AvgIpc) is 3.01. The van der Waals surface area contributed by atoms with Crippen molar-refractivity contribution in [2.24, 2.45) is 11.3 Å². The highest BCUT2D eigenvalue weighted by Gasteiger charge is 2.12. The number of pyridine rings is 2. The number of aryl methyl sites for hydroxylation is 4. The Hall–Kier alpha value is -2.74. The second-order valence-electron chi connectivity index (χ2n) is 13.1. The molecule has 0 aliphatic carbocycles. The second-order valence-corrected chi connectivity index (χ2v) is 13.1. The standard InChI is InChI=1S/C14H16N2.C9H14.C8H18.C6H14.C4H8.2C2H6/c1-9-7-10(2)14(16-12(9)4)13-5-6-15-11(3)8-13;1-8(2)6-5-7-9(3)4;1-5-7-8(3,4)6-2;1-4-6(3)5-2;1-4(2)3;2*1-2/h5-8H,1-4H3;5-7H,1H2,2-4H3;5-7H2,1-4H3;6H,4-5H2,1-3H3;1H2,2-3H3;2*1-2H3/b;6-5-;;;;;. The van der Waals surface area contributed by atoms with Crippen molar-refractivity contribution in [1.29, 1.82) is 0 Å². The Morgan fingerprint density at radius 3 is 1.64 bits per heavy atom. The highest BCUT2D eigenvalue weighted by molar-refractivity contribution is 5.63. The SMILES string of the molecule is C=C(C)/C=C\C=C(C)C.C=C(C)C.CC.CC.CCC(C)CC.CCCC(C)(C)CC.Cc1cc(-c2nc(C)c(C)cc2C)ccn1. The summed E-state index contributed by atoms with van der Waals surface area (Å²) in [5.41, 5.74) is 10.9. The second kappa shape index (κ2) is 34.6. The van der Waals surface area contributed by atoms with Crippen LogP contribution >= 0.6 is 0 Å². The molecule has 272 valence electrons. The molecule has 0 bridgehead atoms. The maximum Gasteiger partial charge on any atom is 0.0735 e. The average molecular weight is 651 g/mol. The van der Waals surface area contributed by atoms with Gasteiger partial charge in [-0.25, -0.2) is 0 Å². The normalized spacial score (nSPS) is 9.55. The van der Waals surface area contributed by atoms with Gasteiger partial charge in [0.25, 0.3) is 0 Å². The minimum atomic E-state index is 0.592. The van der Waals surface area contributed by atoms with E-state index in [2.05, 4.69) is 117 Å². The van der Waals surface area contributed by atoms with Gasteiger partial charge < -0.3 is 0 Å². The van der Waals surface area contributed by atoms with Crippen molar-refractivity contribution in [3.8, 4) is 11.3 Å². The van der Waals surface area contributed by atoms with Gasteiger partial charge in [-0.3, -0.25) is 9.97 Å². The third-order valence-electron chi connectivity index (χ3n) is 6.91. The molecule has 2 heterocycles. The maximum absolute atomic E-state index is 4.66. The summed E-state index contributed by atoms with van der Waals surface area (Å²) in [6.07, 6.45) is 14.6. The molecule has 0 saturated carbocycles. The van der Waals surface area contributed by atoms with Crippen LogP contribution in [0.25, 0.3) is 11.3 Å². The van der Waals surface area contributed by atoms with Crippen molar-refractivity contribution in [3.63, 3.8) is 0 Å². The molecule has 0 N–H and O–H groups in total. The van der Waals surface area contributed by atoms with E-state index in [0.717, 1.165) is 34.1 Å². The van der Waals surface area contributed by atoms with Crippen molar-refractivity contribution in [2.45, 2.75) is 171 Å². The molecular formula is C45H82N2. The topological polar surface area (TPSA) is 25.8 Å². The fourth-order valence-corrected chi connectivity index (χ4v) is 3.37. The Labute approximate surface area is 297 Å². The molecular weight excluding hydrogens is 569 g/mol. The molecule has 0 radical (unpaired) electrons. The fraction of sp³-hybridized carbons (Fsp3) is 0.600. The van der Waals surface area contributed by atoms with Crippen LogP contribution in [0, 0.1) is 39.0 Å². The molecule has 2 aromatic rings. The lowest BCUT2D eigenvalue weighted by Crippen LogP contribution is -2.07. The van der Waals surface area contributed by atoms with E-state index in [1.54, 1.807) is 0 Å². The first-order valence-corrected chi connectivity index (χ1v) is 18.3. The number of rotatable bonds is 8. The van der Waals surface area contributed by atoms with Crippen molar-refractivity contribution in [1.82, 2.24) is 9.97 Å². The van der Waals surface area contributed by atoms with E-state index in [0.29, 0.717) is 5.41 Å². The summed E-state index contributed by atoms with van der Waals surface area (Å²) in [5.74, 6) is 0.935. The van der Waals surface area contributed by atoms with Crippen LogP contribution in [0.3, 0.4) is 0 Å². The largest absolute Gasteiger partial charge is 0.262 e. The summed E-state index contributed by atoms with van der Waals surface area (Å²) in [6, 6.07) is 6.27. The summed E-state index contributed by atoms with van der Waals surface area (Å²) in [5, 5.41) is 0. The lowest BCUT2D eigenvalue weighted by Gasteiger charge is -2.20. The predicted molar refractivity (Wildman–Crippen MR) is 222 cm³/mol. The van der Waals surface area contributed by atoms with Gasteiger partial charge in [-0.15, -0.1) is 6.58 Å². The number of hydrogen-bond acceptors (Lipinski definition) is 2. The molecule has 0 spiro atoms. The first-order valence-electron chi connectivity index (χ1n) is 18.3. The van der Waals surface area contributed by atoms with Crippen LogP contribution in [0.4, 0.5) is 0 Å². The van der Waals surface area contributed by atoms with Gasteiger partial charge in [-0.2, -0.15) is 0 Å². The summed E-state index contributed by atoms with van der Waals surface area (Å²) >= 11 is 0. The molecule has 0 aliphatic heterocycles. The molecule has 0 saturated heterocycles. The van der Waals surface area contributed by atoms with E-state index < -0.39 is 0 Å². The van der Waals surface area contributed by atoms with Crippen LogP contribution < -0.4 is 0 Å². The summed E-state index contributed by atoms with van der Waals surface area (Å²) in [4.78, 5) is 8.86. The molecule has 0 aromatic carbocycles. The van der Waals surface area contributed by atoms with Gasteiger partial charge in [-0.05, 0) is 103 Å². The number of allylic oxidation sites excluding steroid dienone is 6. The van der Waals surface area contributed by atoms with E-state index in [1.165, 1.54) is 54.4 Å². The Kier molecular flexibility index (Phi) is 39.5. The Morgan fingerprint density at radius 1 is 0.830 bits per heavy atom. The van der Waals surface area contributed by atoms with E-state index in [-0.39, 0.29) is 0 Å². The smallest absolute Gasteiger partial charge is 0.0735 e. The summed E-state index contributed by atoms with van der Waals surface area (Å²) in [7, 11) is 0. The minimum absolute atomic E-state index is 0.592. The van der Waals surface area contributed by atoms with Crippen LogP contribution in [-0.4, -0.2) is 9.97 Å². The van der Waals surface area contributed by atoms with Crippen LogP contribution in [0.2, 0.25) is 0 Å². The first-order chi connectivity index (χ1) is 21.9. The number of nitrogens with zero attached hydrogens (tertiary/aromatic N) is 2. The van der Waals surface area contributed by atoms with Gasteiger partial charge in [-0.1, -0.05) is 149 Å².